The molecule has 0 aliphatic carbocycles. The van der Waals surface area contributed by atoms with Gasteiger partial charge in [-0.15, -0.1) is 0 Å². The van der Waals surface area contributed by atoms with E-state index in [4.69, 9.17) is 20.9 Å². The van der Waals surface area contributed by atoms with Gasteiger partial charge in [0.25, 0.3) is 0 Å². The van der Waals surface area contributed by atoms with Crippen LogP contribution in [0.1, 0.15) is 36.0 Å². The number of benzene rings is 1. The Bertz CT molecular complexity index is 847. The maximum Gasteiger partial charge on any atom is 0.321 e. The minimum absolute atomic E-state index is 0.0220. The summed E-state index contributed by atoms with van der Waals surface area (Å²) in [4.78, 5) is 19.3. The number of nitrogens with one attached hydrogen (secondary N) is 1. The van der Waals surface area contributed by atoms with Crippen molar-refractivity contribution in [1.29, 1.82) is 0 Å². The van der Waals surface area contributed by atoms with Gasteiger partial charge in [-0.05, 0) is 44.4 Å². The zero-order chi connectivity index (χ0) is 19.0. The standard InChI is InChI=1S/C19H23ClN4O3/c1-12-15(20)4-3-5-16(12)22-18(25)24-10-14(17-21-13(2)23-27-17)19(11-24)6-8-26-9-7-19/h3-5,14H,6-11H2,1-2H3,(H,22,25)/t14-/m1/s1. The van der Waals surface area contributed by atoms with E-state index in [1.165, 1.54) is 0 Å². The van der Waals surface area contributed by atoms with Crippen LogP contribution in [0.2, 0.25) is 5.02 Å². The molecule has 2 aliphatic rings. The van der Waals surface area contributed by atoms with E-state index in [0.717, 1.165) is 24.1 Å². The zero-order valence-electron chi connectivity index (χ0n) is 15.5. The van der Waals surface area contributed by atoms with Crippen molar-refractivity contribution in [2.75, 3.05) is 31.6 Å². The molecule has 2 fully saturated rings. The predicted molar refractivity (Wildman–Crippen MR) is 101 cm³/mol. The number of carbonyl (C=O) groups excluding carboxylic acids is 1. The lowest BCUT2D eigenvalue weighted by Gasteiger charge is -2.36. The number of halogens is 1. The molecule has 2 amide bonds. The number of hydrogen-bond donors (Lipinski definition) is 1. The molecule has 144 valence electrons. The summed E-state index contributed by atoms with van der Waals surface area (Å²) in [6, 6.07) is 5.37. The zero-order valence-corrected chi connectivity index (χ0v) is 16.3. The van der Waals surface area contributed by atoms with Crippen LogP contribution in [0.3, 0.4) is 0 Å². The summed E-state index contributed by atoms with van der Waals surface area (Å²) in [6.45, 7) is 6.27. The van der Waals surface area contributed by atoms with Crippen molar-refractivity contribution in [3.63, 3.8) is 0 Å². The Balaban J connectivity index is 1.57. The summed E-state index contributed by atoms with van der Waals surface area (Å²) in [5, 5.41) is 7.58. The third-order valence-electron chi connectivity index (χ3n) is 5.77. The van der Waals surface area contributed by atoms with Gasteiger partial charge in [-0.1, -0.05) is 22.8 Å². The average molecular weight is 391 g/mol. The summed E-state index contributed by atoms with van der Waals surface area (Å²) in [6.07, 6.45) is 1.75. The summed E-state index contributed by atoms with van der Waals surface area (Å²) >= 11 is 6.17. The van der Waals surface area contributed by atoms with E-state index in [-0.39, 0.29) is 17.4 Å². The molecule has 2 saturated heterocycles. The van der Waals surface area contributed by atoms with E-state index in [1.807, 2.05) is 36.9 Å². The van der Waals surface area contributed by atoms with Crippen LogP contribution in [0, 0.1) is 19.3 Å². The molecule has 3 heterocycles. The molecule has 0 unspecified atom stereocenters. The highest BCUT2D eigenvalue weighted by atomic mass is 35.5. The first kappa shape index (κ1) is 18.3. The van der Waals surface area contributed by atoms with Gasteiger partial charge in [-0.3, -0.25) is 0 Å². The molecule has 4 rings (SSSR count). The summed E-state index contributed by atoms with van der Waals surface area (Å²) in [5.41, 5.74) is 1.50. The van der Waals surface area contributed by atoms with Crippen molar-refractivity contribution in [2.45, 2.75) is 32.6 Å². The molecule has 1 atom stereocenters. The average Bonchev–Trinajstić information content (AvgIpc) is 3.23. The molecule has 0 saturated carbocycles. The van der Waals surface area contributed by atoms with Crippen molar-refractivity contribution in [1.82, 2.24) is 15.0 Å². The number of rotatable bonds is 2. The molecule has 1 aromatic heterocycles. The van der Waals surface area contributed by atoms with Crippen molar-refractivity contribution < 1.29 is 14.1 Å². The van der Waals surface area contributed by atoms with Crippen molar-refractivity contribution >= 4 is 23.3 Å². The third-order valence-corrected chi connectivity index (χ3v) is 6.18. The van der Waals surface area contributed by atoms with Crippen LogP contribution in [-0.4, -0.2) is 47.4 Å². The Labute approximate surface area is 163 Å². The Kier molecular flexibility index (Phi) is 4.82. The minimum atomic E-state index is -0.134. The molecule has 2 aromatic rings. The fourth-order valence-corrected chi connectivity index (χ4v) is 4.31. The van der Waals surface area contributed by atoms with Crippen LogP contribution in [0.25, 0.3) is 0 Å². The number of amides is 2. The van der Waals surface area contributed by atoms with Crippen LogP contribution >= 0.6 is 11.6 Å². The van der Waals surface area contributed by atoms with Crippen LogP contribution in [0.4, 0.5) is 10.5 Å². The molecule has 0 radical (unpaired) electrons. The predicted octanol–water partition coefficient (Wildman–Crippen LogP) is 3.77. The molecule has 0 bridgehead atoms. The topological polar surface area (TPSA) is 80.5 Å². The maximum atomic E-state index is 13.0. The van der Waals surface area contributed by atoms with E-state index in [9.17, 15) is 4.79 Å². The van der Waals surface area contributed by atoms with Crippen molar-refractivity contribution in [3.8, 4) is 0 Å². The lowest BCUT2D eigenvalue weighted by Crippen LogP contribution is -2.38. The van der Waals surface area contributed by atoms with Gasteiger partial charge < -0.3 is 19.5 Å². The number of likely N-dealkylation sites (tertiary alicyclic amines) is 1. The first-order chi connectivity index (χ1) is 13.0. The molecular weight excluding hydrogens is 368 g/mol. The van der Waals surface area contributed by atoms with Crippen LogP contribution in [0.15, 0.2) is 22.7 Å². The lowest BCUT2D eigenvalue weighted by molar-refractivity contribution is 0.00959. The number of urea groups is 1. The van der Waals surface area contributed by atoms with Crippen LogP contribution < -0.4 is 5.32 Å². The van der Waals surface area contributed by atoms with Crippen molar-refractivity contribution in [2.24, 2.45) is 5.41 Å². The molecule has 1 aromatic carbocycles. The first-order valence-electron chi connectivity index (χ1n) is 9.17. The summed E-state index contributed by atoms with van der Waals surface area (Å²) in [7, 11) is 0. The first-order valence-corrected chi connectivity index (χ1v) is 9.55. The number of aromatic nitrogens is 2. The van der Waals surface area contributed by atoms with Gasteiger partial charge in [-0.25, -0.2) is 4.79 Å². The Morgan fingerprint density at radius 1 is 1.33 bits per heavy atom. The second-order valence-electron chi connectivity index (χ2n) is 7.43. The van der Waals surface area contributed by atoms with E-state index in [1.54, 1.807) is 0 Å². The number of anilines is 1. The highest BCUT2D eigenvalue weighted by molar-refractivity contribution is 6.31. The fourth-order valence-electron chi connectivity index (χ4n) is 4.14. The fraction of sp³-hybridized carbons (Fsp3) is 0.526. The lowest BCUT2D eigenvalue weighted by atomic mass is 9.72. The van der Waals surface area contributed by atoms with Gasteiger partial charge in [0.05, 0.1) is 5.92 Å². The minimum Gasteiger partial charge on any atom is -0.381 e. The molecule has 1 spiro atoms. The maximum absolute atomic E-state index is 13.0. The van der Waals surface area contributed by atoms with Gasteiger partial charge in [0.2, 0.25) is 5.89 Å². The van der Waals surface area contributed by atoms with Crippen molar-refractivity contribution in [3.05, 3.63) is 40.5 Å². The number of hydrogen-bond acceptors (Lipinski definition) is 5. The quantitative estimate of drug-likeness (QED) is 0.844. The molecule has 2 aliphatic heterocycles. The van der Waals surface area contributed by atoms with Gasteiger partial charge in [0, 0.05) is 42.4 Å². The van der Waals surface area contributed by atoms with Gasteiger partial charge in [-0.2, -0.15) is 4.98 Å². The van der Waals surface area contributed by atoms with Crippen LogP contribution in [-0.2, 0) is 4.74 Å². The molecule has 1 N–H and O–H groups in total. The van der Waals surface area contributed by atoms with Gasteiger partial charge in [0.1, 0.15) is 0 Å². The smallest absolute Gasteiger partial charge is 0.321 e. The second-order valence-corrected chi connectivity index (χ2v) is 7.84. The normalized spacial score (nSPS) is 21.6. The van der Waals surface area contributed by atoms with Gasteiger partial charge >= 0.3 is 6.03 Å². The number of nitrogens with zero attached hydrogens (tertiary/aromatic N) is 3. The SMILES string of the molecule is Cc1noc([C@H]2CN(C(=O)Nc3cccc(Cl)c3C)CC23CCOCC3)n1. The Morgan fingerprint density at radius 2 is 2.11 bits per heavy atom. The monoisotopic (exact) mass is 390 g/mol. The largest absolute Gasteiger partial charge is 0.381 e. The van der Waals surface area contributed by atoms with Crippen LogP contribution in [0.5, 0.6) is 0 Å². The van der Waals surface area contributed by atoms with E-state index >= 15 is 0 Å². The summed E-state index contributed by atoms with van der Waals surface area (Å²) in [5.74, 6) is 1.25. The number of aryl methyl sites for hydroxylation is 1. The number of carbonyl (C=O) groups is 1. The molecular formula is C19H23ClN4O3. The molecule has 7 nitrogen and oxygen atoms in total. The summed E-state index contributed by atoms with van der Waals surface area (Å²) < 4.78 is 11.0. The second kappa shape index (κ2) is 7.13. The highest BCUT2D eigenvalue weighted by Crippen LogP contribution is 2.49. The van der Waals surface area contributed by atoms with E-state index in [2.05, 4.69) is 15.5 Å². The molecule has 27 heavy (non-hydrogen) atoms. The highest BCUT2D eigenvalue weighted by Gasteiger charge is 2.51. The van der Waals surface area contributed by atoms with Gasteiger partial charge in [0.15, 0.2) is 5.82 Å². The third kappa shape index (κ3) is 3.41. The Morgan fingerprint density at radius 3 is 2.81 bits per heavy atom. The van der Waals surface area contributed by atoms with E-state index < -0.39 is 0 Å². The number of ether oxygens (including phenoxy) is 1. The Hall–Kier alpha value is -2.12. The molecule has 8 heteroatoms. The van der Waals surface area contributed by atoms with E-state index in [0.29, 0.717) is 43.0 Å².